The molecule has 0 saturated carbocycles. The van der Waals surface area contributed by atoms with Gasteiger partial charge in [0, 0.05) is 24.7 Å². The molecular weight excluding hydrogens is 509 g/mol. The Bertz CT molecular complexity index is 1360. The van der Waals surface area contributed by atoms with E-state index in [-0.39, 0.29) is 29.7 Å². The first-order valence-electron chi connectivity index (χ1n) is 11.9. The van der Waals surface area contributed by atoms with Crippen molar-refractivity contribution >= 4 is 36.2 Å². The zero-order valence-corrected chi connectivity index (χ0v) is 21.0. The van der Waals surface area contributed by atoms with Crippen LogP contribution < -0.4 is 4.90 Å². The molecule has 4 atom stereocenters. The van der Waals surface area contributed by atoms with Crippen molar-refractivity contribution in [2.75, 3.05) is 24.2 Å². The molecule has 2 fully saturated rings. The van der Waals surface area contributed by atoms with E-state index in [0.717, 1.165) is 25.9 Å². The Labute approximate surface area is 211 Å². The Kier molecular flexibility index (Phi) is 5.88. The van der Waals surface area contributed by atoms with E-state index in [9.17, 15) is 14.8 Å². The fourth-order valence-electron chi connectivity index (χ4n) is 5.91. The number of rotatable bonds is 6. The van der Waals surface area contributed by atoms with Crippen LogP contribution in [0.4, 0.5) is 5.82 Å². The lowest BCUT2D eigenvalue weighted by Crippen LogP contribution is -2.58. The topological polar surface area (TPSA) is 154 Å². The summed E-state index contributed by atoms with van der Waals surface area (Å²) in [6.07, 6.45) is -0.618. The minimum Gasteiger partial charge on any atom is -0.388 e. The zero-order chi connectivity index (χ0) is 25.2. The van der Waals surface area contributed by atoms with Crippen LogP contribution in [0.15, 0.2) is 30.6 Å². The summed E-state index contributed by atoms with van der Waals surface area (Å²) in [5, 5.41) is 21.2. The van der Waals surface area contributed by atoms with Crippen molar-refractivity contribution in [2.45, 2.75) is 55.6 Å². The molecular formula is C23H27ClN5O6P. The minimum atomic E-state index is -4.15. The lowest BCUT2D eigenvalue weighted by molar-refractivity contribution is -0.0370. The van der Waals surface area contributed by atoms with Gasteiger partial charge in [0.25, 0.3) is 0 Å². The molecule has 1 spiro atoms. The molecule has 0 bridgehead atoms. The lowest BCUT2D eigenvalue weighted by atomic mass is 9.75. The van der Waals surface area contributed by atoms with Crippen LogP contribution in [0.5, 0.6) is 0 Å². The molecule has 3 aromatic rings. The number of halogens is 1. The molecule has 0 amide bonds. The van der Waals surface area contributed by atoms with Crippen LogP contribution in [0, 0.1) is 0 Å². The first-order valence-corrected chi connectivity index (χ1v) is 14.1. The average molecular weight is 536 g/mol. The quantitative estimate of drug-likeness (QED) is 0.271. The molecule has 2 aliphatic heterocycles. The molecule has 2 saturated heterocycles. The summed E-state index contributed by atoms with van der Waals surface area (Å²) in [4.78, 5) is 33.6. The first kappa shape index (κ1) is 24.2. The fourth-order valence-corrected chi connectivity index (χ4v) is 6.66. The number of aromatic nitrogens is 4. The molecule has 0 radical (unpaired) electrons. The van der Waals surface area contributed by atoms with Crippen LogP contribution in [-0.4, -0.2) is 77.1 Å². The number of aryl methyl sites for hydroxylation is 1. The number of nitrogens with zero attached hydrogens (tertiary/aromatic N) is 5. The number of benzene rings is 1. The molecule has 2 aromatic heterocycles. The van der Waals surface area contributed by atoms with E-state index in [4.69, 9.17) is 26.1 Å². The van der Waals surface area contributed by atoms with Gasteiger partial charge in [0.15, 0.2) is 23.2 Å². The number of imidazole rings is 1. The van der Waals surface area contributed by atoms with Gasteiger partial charge in [-0.15, -0.1) is 0 Å². The molecule has 1 aliphatic carbocycles. The third-order valence-electron chi connectivity index (χ3n) is 7.67. The monoisotopic (exact) mass is 535 g/mol. The first-order chi connectivity index (χ1) is 17.2. The summed E-state index contributed by atoms with van der Waals surface area (Å²) in [6, 6.07) is 8.55. The lowest BCUT2D eigenvalue weighted by Gasteiger charge is -2.49. The van der Waals surface area contributed by atoms with E-state index in [1.54, 1.807) is 0 Å². The van der Waals surface area contributed by atoms with Crippen LogP contribution in [0.25, 0.3) is 11.2 Å². The van der Waals surface area contributed by atoms with Gasteiger partial charge in [-0.05, 0) is 48.4 Å². The number of ether oxygens (including phenoxy) is 1. The van der Waals surface area contributed by atoms with Crippen LogP contribution in [0.3, 0.4) is 0 Å². The van der Waals surface area contributed by atoms with Gasteiger partial charge in [-0.25, -0.2) is 4.98 Å². The summed E-state index contributed by atoms with van der Waals surface area (Å²) in [5.41, 5.74) is 3.79. The Balaban J connectivity index is 1.24. The predicted octanol–water partition coefficient (Wildman–Crippen LogP) is 1.76. The van der Waals surface area contributed by atoms with Gasteiger partial charge < -0.3 is 29.6 Å². The van der Waals surface area contributed by atoms with E-state index in [0.29, 0.717) is 17.0 Å². The highest BCUT2D eigenvalue weighted by atomic mass is 35.5. The van der Waals surface area contributed by atoms with Crippen LogP contribution >= 0.6 is 19.2 Å². The van der Waals surface area contributed by atoms with E-state index in [2.05, 4.69) is 44.1 Å². The molecule has 192 valence electrons. The zero-order valence-electron chi connectivity index (χ0n) is 19.3. The predicted molar refractivity (Wildman–Crippen MR) is 131 cm³/mol. The number of anilines is 1. The summed E-state index contributed by atoms with van der Waals surface area (Å²) < 4.78 is 18.6. The van der Waals surface area contributed by atoms with E-state index in [1.165, 1.54) is 22.0 Å². The molecule has 6 rings (SSSR count). The second-order valence-electron chi connectivity index (χ2n) is 10.0. The van der Waals surface area contributed by atoms with Gasteiger partial charge in [0.05, 0.1) is 12.4 Å². The summed E-state index contributed by atoms with van der Waals surface area (Å²) >= 11 is 6.31. The van der Waals surface area contributed by atoms with Gasteiger partial charge >= 0.3 is 7.60 Å². The van der Waals surface area contributed by atoms with E-state index in [1.807, 2.05) is 0 Å². The van der Waals surface area contributed by atoms with Crippen molar-refractivity contribution in [3.8, 4) is 0 Å². The third kappa shape index (κ3) is 4.03. The number of hydrogen-bond donors (Lipinski definition) is 4. The molecule has 36 heavy (non-hydrogen) atoms. The maximum absolute atomic E-state index is 11.1. The minimum absolute atomic E-state index is 0.0400. The van der Waals surface area contributed by atoms with Crippen molar-refractivity contribution in [1.29, 1.82) is 0 Å². The summed E-state index contributed by atoms with van der Waals surface area (Å²) in [7, 11) is -4.15. The van der Waals surface area contributed by atoms with Crippen LogP contribution in [-0.2, 0) is 21.1 Å². The number of fused-ring (bicyclic) bond motifs is 3. The Morgan fingerprint density at radius 3 is 2.72 bits per heavy atom. The maximum Gasteiger partial charge on any atom is 0.325 e. The van der Waals surface area contributed by atoms with Gasteiger partial charge in [-0.2, -0.15) is 9.97 Å². The molecule has 4 heterocycles. The molecule has 4 unspecified atom stereocenters. The van der Waals surface area contributed by atoms with Crippen molar-refractivity contribution in [3.63, 3.8) is 0 Å². The largest absolute Gasteiger partial charge is 0.388 e. The highest BCUT2D eigenvalue weighted by Crippen LogP contribution is 2.47. The molecule has 3 aliphatic rings. The summed E-state index contributed by atoms with van der Waals surface area (Å²) in [5.74, 6) is 0.616. The van der Waals surface area contributed by atoms with Crippen molar-refractivity contribution in [3.05, 3.63) is 47.0 Å². The fraction of sp³-hybridized carbons (Fsp3) is 0.522. The van der Waals surface area contributed by atoms with Crippen molar-refractivity contribution in [2.24, 2.45) is 0 Å². The highest BCUT2D eigenvalue weighted by Gasteiger charge is 2.49. The smallest absolute Gasteiger partial charge is 0.325 e. The van der Waals surface area contributed by atoms with Gasteiger partial charge in [-0.3, -0.25) is 9.13 Å². The molecule has 13 heteroatoms. The standard InChI is InChI=1S/C23H27ClN5O6P/c24-22-26-19(28-10-23(11-28)8-7-13-4-1-2-5-14(13)23)16-20(27-22)29(12-25-16)21-18(31)17(30)15(35-21)6-3-9-36(32,33)34/h1-2,4-5,12,15,17-18,21,30-31H,3,6-11H2,(H2,32,33,34). The van der Waals surface area contributed by atoms with E-state index >= 15 is 0 Å². The van der Waals surface area contributed by atoms with Crippen molar-refractivity contribution in [1.82, 2.24) is 19.5 Å². The second-order valence-corrected chi connectivity index (χ2v) is 12.1. The number of aliphatic hydroxyl groups excluding tert-OH is 2. The SMILES string of the molecule is O=P(O)(O)CCCC1OC(n2cnc3c(N4CC5(CCc6ccccc65)C4)nc(Cl)nc32)C(O)C1O. The Hall–Kier alpha value is -2.11. The van der Waals surface area contributed by atoms with Gasteiger partial charge in [0.1, 0.15) is 12.2 Å². The van der Waals surface area contributed by atoms with Crippen molar-refractivity contribution < 1.29 is 29.3 Å². The molecule has 4 N–H and O–H groups in total. The molecule has 1 aromatic carbocycles. The van der Waals surface area contributed by atoms with Gasteiger partial charge in [0.2, 0.25) is 5.28 Å². The van der Waals surface area contributed by atoms with Crippen LogP contribution in [0.2, 0.25) is 5.28 Å². The van der Waals surface area contributed by atoms with Gasteiger partial charge in [-0.1, -0.05) is 24.3 Å². The van der Waals surface area contributed by atoms with Crippen LogP contribution in [0.1, 0.15) is 36.6 Å². The Morgan fingerprint density at radius 2 is 1.94 bits per heavy atom. The van der Waals surface area contributed by atoms with E-state index < -0.39 is 32.1 Å². The highest BCUT2D eigenvalue weighted by molar-refractivity contribution is 7.51. The third-order valence-corrected chi connectivity index (χ3v) is 8.74. The average Bonchev–Trinajstić information content (AvgIpc) is 3.47. The maximum atomic E-state index is 11.1. The molecule has 11 nitrogen and oxygen atoms in total. The second kappa shape index (κ2) is 8.73. The summed E-state index contributed by atoms with van der Waals surface area (Å²) in [6.45, 7) is 1.59. The normalized spacial score (nSPS) is 27.1. The number of aliphatic hydroxyl groups is 2. The Morgan fingerprint density at radius 1 is 1.17 bits per heavy atom. The number of hydrogen-bond acceptors (Lipinski definition) is 8.